The van der Waals surface area contributed by atoms with Gasteiger partial charge in [0.25, 0.3) is 0 Å². The summed E-state index contributed by atoms with van der Waals surface area (Å²) in [5.74, 6) is 6.33. The minimum absolute atomic E-state index is 0.744. The Morgan fingerprint density at radius 2 is 2.24 bits per heavy atom. The van der Waals surface area contributed by atoms with Gasteiger partial charge >= 0.3 is 0 Å². The van der Waals surface area contributed by atoms with Crippen LogP contribution in [-0.4, -0.2) is 11.6 Å². The smallest absolute Gasteiger partial charge is 0.120 e. The lowest BCUT2D eigenvalue weighted by Gasteiger charge is -2.08. The molecule has 0 saturated carbocycles. The van der Waals surface area contributed by atoms with Crippen molar-refractivity contribution in [1.82, 2.24) is 4.98 Å². The van der Waals surface area contributed by atoms with Gasteiger partial charge in [0.1, 0.15) is 5.75 Å². The normalized spacial score (nSPS) is 10.5. The van der Waals surface area contributed by atoms with E-state index in [2.05, 4.69) is 17.3 Å². The summed E-state index contributed by atoms with van der Waals surface area (Å²) in [5, 5.41) is 0.976. The number of pyridine rings is 1. The number of unbranched alkanes of at least 4 members (excludes halogenated alkanes) is 1. The number of anilines is 1. The van der Waals surface area contributed by atoms with Gasteiger partial charge in [-0.15, -0.1) is 0 Å². The summed E-state index contributed by atoms with van der Waals surface area (Å²) in [6.45, 7) is 2.89. The number of hydrazine groups is 1. The Kier molecular flexibility index (Phi) is 3.77. The average molecular weight is 231 g/mol. The molecular formula is C13H17N3O. The molecule has 0 aliphatic heterocycles. The van der Waals surface area contributed by atoms with Crippen LogP contribution in [-0.2, 0) is 0 Å². The van der Waals surface area contributed by atoms with E-state index in [1.165, 1.54) is 0 Å². The first-order valence-electron chi connectivity index (χ1n) is 5.83. The Morgan fingerprint density at radius 1 is 1.35 bits per heavy atom. The molecule has 4 nitrogen and oxygen atoms in total. The zero-order valence-corrected chi connectivity index (χ0v) is 9.94. The van der Waals surface area contributed by atoms with Gasteiger partial charge in [-0.25, -0.2) is 0 Å². The van der Waals surface area contributed by atoms with Gasteiger partial charge in [0, 0.05) is 11.6 Å². The van der Waals surface area contributed by atoms with E-state index in [-0.39, 0.29) is 0 Å². The fourth-order valence-corrected chi connectivity index (χ4v) is 1.68. The minimum Gasteiger partial charge on any atom is -0.494 e. The number of benzene rings is 1. The molecule has 3 N–H and O–H groups in total. The number of nitrogens with zero attached hydrogens (tertiary/aromatic N) is 1. The lowest BCUT2D eigenvalue weighted by molar-refractivity contribution is 0.310. The van der Waals surface area contributed by atoms with E-state index in [1.807, 2.05) is 24.3 Å². The van der Waals surface area contributed by atoms with Gasteiger partial charge < -0.3 is 10.2 Å². The summed E-state index contributed by atoms with van der Waals surface area (Å²) < 4.78 is 5.66. The number of hydrogen-bond donors (Lipinski definition) is 2. The molecule has 90 valence electrons. The summed E-state index contributed by atoms with van der Waals surface area (Å²) in [7, 11) is 0. The molecule has 0 fully saturated rings. The van der Waals surface area contributed by atoms with E-state index in [0.29, 0.717) is 0 Å². The van der Waals surface area contributed by atoms with Crippen LogP contribution in [0.15, 0.2) is 30.5 Å². The Labute approximate surface area is 101 Å². The number of hydrogen-bond acceptors (Lipinski definition) is 4. The monoisotopic (exact) mass is 231 g/mol. The van der Waals surface area contributed by atoms with Crippen LogP contribution < -0.4 is 16.0 Å². The Hall–Kier alpha value is -1.81. The highest BCUT2D eigenvalue weighted by Crippen LogP contribution is 2.25. The molecule has 1 heterocycles. The van der Waals surface area contributed by atoms with Crippen molar-refractivity contribution >= 4 is 16.6 Å². The second-order valence-corrected chi connectivity index (χ2v) is 3.88. The summed E-state index contributed by atoms with van der Waals surface area (Å²) in [4.78, 5) is 4.28. The zero-order valence-electron chi connectivity index (χ0n) is 9.94. The summed E-state index contributed by atoms with van der Waals surface area (Å²) >= 11 is 0. The lowest BCUT2D eigenvalue weighted by atomic mass is 10.2. The van der Waals surface area contributed by atoms with Crippen LogP contribution in [0.3, 0.4) is 0 Å². The van der Waals surface area contributed by atoms with Crippen LogP contribution in [0.1, 0.15) is 19.8 Å². The van der Waals surface area contributed by atoms with E-state index in [9.17, 15) is 0 Å². The molecule has 1 aromatic carbocycles. The zero-order chi connectivity index (χ0) is 12.1. The largest absolute Gasteiger partial charge is 0.494 e. The van der Waals surface area contributed by atoms with Crippen LogP contribution in [0.4, 0.5) is 5.69 Å². The van der Waals surface area contributed by atoms with Crippen molar-refractivity contribution in [2.75, 3.05) is 12.0 Å². The van der Waals surface area contributed by atoms with Crippen LogP contribution in [0.2, 0.25) is 0 Å². The Balaban J connectivity index is 2.28. The fourth-order valence-electron chi connectivity index (χ4n) is 1.68. The van der Waals surface area contributed by atoms with Gasteiger partial charge in [0.2, 0.25) is 0 Å². The molecule has 0 aliphatic carbocycles. The predicted octanol–water partition coefficient (Wildman–Crippen LogP) is 2.70. The van der Waals surface area contributed by atoms with Crippen molar-refractivity contribution in [1.29, 1.82) is 0 Å². The lowest BCUT2D eigenvalue weighted by Crippen LogP contribution is -2.07. The number of nitrogen functional groups attached to an aromatic ring is 1. The highest BCUT2D eigenvalue weighted by Gasteiger charge is 2.02. The molecule has 0 bridgehead atoms. The standard InChI is InChI=1S/C13H17N3O/c1-2-3-8-17-10-4-5-12-11(9-10)13(16-14)6-7-15-12/h4-7,9H,2-3,8,14H2,1H3,(H,15,16). The van der Waals surface area contributed by atoms with Gasteiger partial charge in [-0.05, 0) is 30.7 Å². The number of fused-ring (bicyclic) bond motifs is 1. The highest BCUT2D eigenvalue weighted by atomic mass is 16.5. The van der Waals surface area contributed by atoms with Crippen LogP contribution in [0, 0.1) is 0 Å². The van der Waals surface area contributed by atoms with Gasteiger partial charge in [-0.2, -0.15) is 0 Å². The van der Waals surface area contributed by atoms with Gasteiger partial charge in [0.05, 0.1) is 17.8 Å². The summed E-state index contributed by atoms with van der Waals surface area (Å²) in [6.07, 6.45) is 3.92. The first-order valence-corrected chi connectivity index (χ1v) is 5.83. The van der Waals surface area contributed by atoms with E-state index in [1.54, 1.807) is 6.20 Å². The topological polar surface area (TPSA) is 60.2 Å². The quantitative estimate of drug-likeness (QED) is 0.472. The molecule has 0 aliphatic rings. The fraction of sp³-hybridized carbons (Fsp3) is 0.308. The van der Waals surface area contributed by atoms with Gasteiger partial charge in [-0.1, -0.05) is 13.3 Å². The molecule has 0 amide bonds. The molecule has 17 heavy (non-hydrogen) atoms. The maximum Gasteiger partial charge on any atom is 0.120 e. The third-order valence-corrected chi connectivity index (χ3v) is 2.64. The van der Waals surface area contributed by atoms with Crippen LogP contribution in [0.25, 0.3) is 10.9 Å². The summed E-state index contributed by atoms with van der Waals surface area (Å²) in [6, 6.07) is 7.69. The predicted molar refractivity (Wildman–Crippen MR) is 70.0 cm³/mol. The number of ether oxygens (including phenoxy) is 1. The van der Waals surface area contributed by atoms with Crippen molar-refractivity contribution in [3.8, 4) is 5.75 Å². The second-order valence-electron chi connectivity index (χ2n) is 3.88. The first-order chi connectivity index (χ1) is 8.35. The molecular weight excluding hydrogens is 214 g/mol. The summed E-state index contributed by atoms with van der Waals surface area (Å²) in [5.41, 5.74) is 4.43. The highest BCUT2D eigenvalue weighted by molar-refractivity contribution is 5.91. The minimum atomic E-state index is 0.744. The molecule has 2 rings (SSSR count). The maximum absolute atomic E-state index is 5.66. The molecule has 4 heteroatoms. The van der Waals surface area contributed by atoms with Crippen LogP contribution >= 0.6 is 0 Å². The van der Waals surface area contributed by atoms with Crippen molar-refractivity contribution < 1.29 is 4.74 Å². The van der Waals surface area contributed by atoms with Crippen molar-refractivity contribution in [3.63, 3.8) is 0 Å². The molecule has 2 aromatic rings. The number of rotatable bonds is 5. The van der Waals surface area contributed by atoms with E-state index in [4.69, 9.17) is 10.6 Å². The molecule has 0 spiro atoms. The van der Waals surface area contributed by atoms with Crippen molar-refractivity contribution in [2.45, 2.75) is 19.8 Å². The average Bonchev–Trinajstić information content (AvgIpc) is 2.38. The molecule has 0 atom stereocenters. The molecule has 0 saturated heterocycles. The maximum atomic E-state index is 5.66. The van der Waals surface area contributed by atoms with Gasteiger partial charge in [0.15, 0.2) is 0 Å². The Morgan fingerprint density at radius 3 is 3.00 bits per heavy atom. The molecule has 1 aromatic heterocycles. The number of nitrogens with two attached hydrogens (primary N) is 1. The SMILES string of the molecule is CCCCOc1ccc2nccc(NN)c2c1. The van der Waals surface area contributed by atoms with E-state index < -0.39 is 0 Å². The molecule has 0 radical (unpaired) electrons. The van der Waals surface area contributed by atoms with E-state index in [0.717, 1.165) is 41.8 Å². The Bertz CT molecular complexity index is 499. The number of aromatic nitrogens is 1. The van der Waals surface area contributed by atoms with Crippen LogP contribution in [0.5, 0.6) is 5.75 Å². The second kappa shape index (κ2) is 5.50. The third kappa shape index (κ3) is 2.65. The third-order valence-electron chi connectivity index (χ3n) is 2.64. The first kappa shape index (κ1) is 11.7. The van der Waals surface area contributed by atoms with Crippen molar-refractivity contribution in [3.05, 3.63) is 30.5 Å². The van der Waals surface area contributed by atoms with E-state index >= 15 is 0 Å². The molecule has 0 unspecified atom stereocenters. The van der Waals surface area contributed by atoms with Crippen molar-refractivity contribution in [2.24, 2.45) is 5.84 Å². The number of nitrogens with one attached hydrogen (secondary N) is 1. The van der Waals surface area contributed by atoms with Gasteiger partial charge in [-0.3, -0.25) is 10.8 Å².